The minimum atomic E-state index is -0.431. The van der Waals surface area contributed by atoms with Gasteiger partial charge in [-0.25, -0.2) is 0 Å². The van der Waals surface area contributed by atoms with Gasteiger partial charge in [-0.2, -0.15) is 0 Å². The van der Waals surface area contributed by atoms with Crippen LogP contribution in [-0.2, 0) is 10.3 Å². The normalized spacial score (nSPS) is 24.7. The van der Waals surface area contributed by atoms with Gasteiger partial charge in [0, 0.05) is 12.1 Å². The summed E-state index contributed by atoms with van der Waals surface area (Å²) in [7, 11) is 0. The van der Waals surface area contributed by atoms with Gasteiger partial charge >= 0.3 is 0 Å². The Morgan fingerprint density at radius 2 is 2.13 bits per heavy atom. The SMILES string of the molecule is FCCC(CCF)C1(c2cncs2)CO1. The summed E-state index contributed by atoms with van der Waals surface area (Å²) >= 11 is 1.49. The highest BCUT2D eigenvalue weighted by Crippen LogP contribution is 2.49. The van der Waals surface area contributed by atoms with Gasteiger partial charge in [0.2, 0.25) is 0 Å². The van der Waals surface area contributed by atoms with Crippen LogP contribution in [0.4, 0.5) is 8.78 Å². The molecule has 1 atom stereocenters. The van der Waals surface area contributed by atoms with E-state index in [1.165, 1.54) is 11.3 Å². The van der Waals surface area contributed by atoms with E-state index in [-0.39, 0.29) is 5.92 Å². The van der Waals surface area contributed by atoms with Gasteiger partial charge in [-0.3, -0.25) is 13.8 Å². The molecule has 1 aromatic heterocycles. The predicted octanol–water partition coefficient (Wildman–Crippen LogP) is 2.70. The van der Waals surface area contributed by atoms with Crippen LogP contribution in [0.2, 0.25) is 0 Å². The topological polar surface area (TPSA) is 25.4 Å². The molecule has 2 nitrogen and oxygen atoms in total. The van der Waals surface area contributed by atoms with E-state index in [1.807, 2.05) is 0 Å². The number of aromatic nitrogens is 1. The molecule has 0 amide bonds. The van der Waals surface area contributed by atoms with Crippen LogP contribution in [0.3, 0.4) is 0 Å². The van der Waals surface area contributed by atoms with Crippen LogP contribution < -0.4 is 0 Å². The highest BCUT2D eigenvalue weighted by molar-refractivity contribution is 7.09. The number of rotatable bonds is 6. The van der Waals surface area contributed by atoms with Gasteiger partial charge in [-0.1, -0.05) is 0 Å². The van der Waals surface area contributed by atoms with Crippen LogP contribution in [-0.4, -0.2) is 24.9 Å². The van der Waals surface area contributed by atoms with E-state index in [2.05, 4.69) is 4.98 Å². The fourth-order valence-corrected chi connectivity index (χ4v) is 2.80. The molecule has 84 valence electrons. The molecule has 1 unspecified atom stereocenters. The molecular weight excluding hydrogens is 220 g/mol. The molecule has 5 heteroatoms. The standard InChI is InChI=1S/C10H13F2NOS/c11-3-1-8(2-4-12)10(6-14-10)9-5-13-7-15-9/h5,7-8H,1-4,6H2. The zero-order valence-electron chi connectivity index (χ0n) is 8.29. The van der Waals surface area contributed by atoms with Crippen LogP contribution in [0.15, 0.2) is 11.7 Å². The van der Waals surface area contributed by atoms with Crippen LogP contribution in [0.25, 0.3) is 0 Å². The number of hydrogen-bond acceptors (Lipinski definition) is 3. The zero-order chi connectivity index (χ0) is 10.7. The molecule has 0 aromatic carbocycles. The van der Waals surface area contributed by atoms with E-state index in [4.69, 9.17) is 4.74 Å². The fourth-order valence-electron chi connectivity index (χ4n) is 1.96. The lowest BCUT2D eigenvalue weighted by molar-refractivity contribution is 0.179. The lowest BCUT2D eigenvalue weighted by atomic mass is 9.87. The smallest absolute Gasteiger partial charge is 0.130 e. The van der Waals surface area contributed by atoms with E-state index >= 15 is 0 Å². The number of nitrogens with zero attached hydrogens (tertiary/aromatic N) is 1. The van der Waals surface area contributed by atoms with Crippen LogP contribution >= 0.6 is 11.3 Å². The first-order valence-electron chi connectivity index (χ1n) is 4.98. The van der Waals surface area contributed by atoms with Gasteiger partial charge in [0.05, 0.1) is 30.3 Å². The Bertz CT molecular complexity index is 294. The van der Waals surface area contributed by atoms with Crippen molar-refractivity contribution >= 4 is 11.3 Å². The maximum atomic E-state index is 12.4. The van der Waals surface area contributed by atoms with Gasteiger partial charge in [-0.05, 0) is 12.8 Å². The molecule has 1 aliphatic heterocycles. The highest BCUT2D eigenvalue weighted by Gasteiger charge is 2.53. The number of ether oxygens (including phenoxy) is 1. The fraction of sp³-hybridized carbons (Fsp3) is 0.700. The summed E-state index contributed by atoms with van der Waals surface area (Å²) in [5.74, 6) is -0.0621. The van der Waals surface area contributed by atoms with Crippen LogP contribution in [0.5, 0.6) is 0 Å². The summed E-state index contributed by atoms with van der Waals surface area (Å²) in [5.41, 5.74) is 1.29. The van der Waals surface area contributed by atoms with Crippen molar-refractivity contribution in [2.75, 3.05) is 20.0 Å². The van der Waals surface area contributed by atoms with Gasteiger partial charge < -0.3 is 4.74 Å². The Labute approximate surface area is 91.3 Å². The van der Waals surface area contributed by atoms with Gasteiger partial charge in [0.1, 0.15) is 5.60 Å². The second-order valence-corrected chi connectivity index (χ2v) is 4.58. The van der Waals surface area contributed by atoms with E-state index in [1.54, 1.807) is 11.7 Å². The average Bonchev–Trinajstić information content (AvgIpc) is 2.86. The molecule has 0 spiro atoms. The van der Waals surface area contributed by atoms with Crippen molar-refractivity contribution in [1.29, 1.82) is 0 Å². The maximum absolute atomic E-state index is 12.4. The minimum Gasteiger partial charge on any atom is -0.363 e. The Morgan fingerprint density at radius 1 is 1.47 bits per heavy atom. The van der Waals surface area contributed by atoms with E-state index in [9.17, 15) is 8.78 Å². The molecule has 1 saturated heterocycles. The molecule has 0 radical (unpaired) electrons. The quantitative estimate of drug-likeness (QED) is 0.706. The summed E-state index contributed by atoms with van der Waals surface area (Å²) in [6, 6.07) is 0. The molecule has 2 rings (SSSR count). The van der Waals surface area contributed by atoms with Gasteiger partial charge in [-0.15, -0.1) is 11.3 Å². The monoisotopic (exact) mass is 233 g/mol. The molecule has 2 heterocycles. The molecule has 1 fully saturated rings. The molecule has 0 bridgehead atoms. The Morgan fingerprint density at radius 3 is 2.53 bits per heavy atom. The van der Waals surface area contributed by atoms with Crippen molar-refractivity contribution in [1.82, 2.24) is 4.98 Å². The Hall–Kier alpha value is -0.550. The van der Waals surface area contributed by atoms with Gasteiger partial charge in [0.15, 0.2) is 0 Å². The first kappa shape index (κ1) is 11.0. The number of alkyl halides is 2. The highest BCUT2D eigenvalue weighted by atomic mass is 32.1. The van der Waals surface area contributed by atoms with E-state index in [0.717, 1.165) is 4.88 Å². The lowest BCUT2D eigenvalue weighted by Crippen LogP contribution is -2.22. The summed E-state index contributed by atoms with van der Waals surface area (Å²) in [5, 5.41) is 0. The van der Waals surface area contributed by atoms with E-state index in [0.29, 0.717) is 19.4 Å². The second kappa shape index (κ2) is 4.53. The van der Waals surface area contributed by atoms with Gasteiger partial charge in [0.25, 0.3) is 0 Å². The lowest BCUT2D eigenvalue weighted by Gasteiger charge is -2.20. The first-order chi connectivity index (χ1) is 7.33. The number of halogens is 2. The third-order valence-electron chi connectivity index (χ3n) is 2.88. The predicted molar refractivity (Wildman–Crippen MR) is 54.4 cm³/mol. The molecule has 0 aliphatic carbocycles. The molecule has 1 aromatic rings. The third kappa shape index (κ3) is 2.03. The zero-order valence-corrected chi connectivity index (χ0v) is 9.10. The molecular formula is C10H13F2NOS. The van der Waals surface area contributed by atoms with Crippen molar-refractivity contribution < 1.29 is 13.5 Å². The van der Waals surface area contributed by atoms with Crippen LogP contribution in [0.1, 0.15) is 17.7 Å². The maximum Gasteiger partial charge on any atom is 0.130 e. The third-order valence-corrected chi connectivity index (χ3v) is 3.81. The summed E-state index contributed by atoms with van der Waals surface area (Å²) in [4.78, 5) is 4.98. The largest absolute Gasteiger partial charge is 0.363 e. The first-order valence-corrected chi connectivity index (χ1v) is 5.86. The number of hydrogen-bond donors (Lipinski definition) is 0. The minimum absolute atomic E-state index is 0.0621. The van der Waals surface area contributed by atoms with Crippen molar-refractivity contribution in [3.05, 3.63) is 16.6 Å². The van der Waals surface area contributed by atoms with Crippen molar-refractivity contribution in [3.63, 3.8) is 0 Å². The molecule has 0 N–H and O–H groups in total. The average molecular weight is 233 g/mol. The molecule has 0 saturated carbocycles. The second-order valence-electron chi connectivity index (χ2n) is 3.70. The number of thiazole rings is 1. The van der Waals surface area contributed by atoms with E-state index < -0.39 is 19.0 Å². The van der Waals surface area contributed by atoms with Crippen LogP contribution in [0, 0.1) is 5.92 Å². The summed E-state index contributed by atoms with van der Waals surface area (Å²) < 4.78 is 30.2. The van der Waals surface area contributed by atoms with Crippen molar-refractivity contribution in [3.8, 4) is 0 Å². The molecule has 1 aliphatic rings. The van der Waals surface area contributed by atoms with Crippen molar-refractivity contribution in [2.24, 2.45) is 5.92 Å². The van der Waals surface area contributed by atoms with Crippen molar-refractivity contribution in [2.45, 2.75) is 18.4 Å². The molecule has 15 heavy (non-hydrogen) atoms. The number of epoxide rings is 1. The Balaban J connectivity index is 2.12. The summed E-state index contributed by atoms with van der Waals surface area (Å²) in [6.07, 6.45) is 2.46. The Kier molecular flexibility index (Phi) is 3.31. The summed E-state index contributed by atoms with van der Waals surface area (Å²) in [6.45, 7) is -0.275.